The smallest absolute Gasteiger partial charge is 0.433 e. The molecule has 2 unspecified atom stereocenters. The van der Waals surface area contributed by atoms with Gasteiger partial charge in [-0.1, -0.05) is 11.6 Å². The summed E-state index contributed by atoms with van der Waals surface area (Å²) < 4.78 is 70.5. The summed E-state index contributed by atoms with van der Waals surface area (Å²) in [6, 6.07) is 8.17. The van der Waals surface area contributed by atoms with Gasteiger partial charge in [-0.05, 0) is 38.1 Å². The molecular weight excluding hydrogens is 570 g/mol. The molecular formula is C26H20ClF4N7O3. The first-order valence-corrected chi connectivity index (χ1v) is 12.7. The van der Waals surface area contributed by atoms with Gasteiger partial charge in [0, 0.05) is 41.8 Å². The molecule has 2 atom stereocenters. The average Bonchev–Trinajstić information content (AvgIpc) is 3.34. The molecule has 1 saturated heterocycles. The third-order valence-corrected chi connectivity index (χ3v) is 6.65. The van der Waals surface area contributed by atoms with Gasteiger partial charge >= 0.3 is 11.9 Å². The SMILES string of the molecule is CC(C)n1c(=O)[nH]c2nccc(Oc3ccc(NC4OC4c4cnn(-c5ncccc5Cl)c4C(F)(F)F)cc3F)c21. The number of nitrogens with zero attached hydrogens (tertiary/aromatic N) is 5. The standard InChI is InChI=1S/C26H20ClF4N7O3/c1-12(2)37-19-18(7-9-32-22(19)36-25(37)39)40-17-6-5-13(10-16(17)28)35-24-20(41-24)14-11-34-38(21(14)26(29,30)31)23-15(27)4-3-8-33-23/h3-12,20,24,35H,1-2H3,(H,32,36,39). The molecule has 0 aliphatic carbocycles. The molecule has 5 heterocycles. The number of alkyl halides is 3. The summed E-state index contributed by atoms with van der Waals surface area (Å²) >= 11 is 6.05. The van der Waals surface area contributed by atoms with Crippen LogP contribution in [-0.2, 0) is 10.9 Å². The second kappa shape index (κ2) is 9.89. The van der Waals surface area contributed by atoms with Crippen LogP contribution >= 0.6 is 11.6 Å². The Morgan fingerprint density at radius 2 is 1.95 bits per heavy atom. The normalized spacial score (nSPS) is 16.9. The van der Waals surface area contributed by atoms with Crippen molar-refractivity contribution < 1.29 is 27.0 Å². The molecule has 1 fully saturated rings. The third kappa shape index (κ3) is 4.89. The molecule has 2 N–H and O–H groups in total. The molecule has 10 nitrogen and oxygen atoms in total. The van der Waals surface area contributed by atoms with E-state index in [0.29, 0.717) is 15.8 Å². The Labute approximate surface area is 233 Å². The highest BCUT2D eigenvalue weighted by molar-refractivity contribution is 6.32. The summed E-state index contributed by atoms with van der Waals surface area (Å²) in [6.45, 7) is 3.63. The molecule has 0 radical (unpaired) electrons. The maximum Gasteiger partial charge on any atom is 0.433 e. The molecule has 5 aromatic rings. The second-order valence-corrected chi connectivity index (χ2v) is 9.84. The molecule has 1 aliphatic heterocycles. The molecule has 212 valence electrons. The van der Waals surface area contributed by atoms with Crippen LogP contribution in [0.3, 0.4) is 0 Å². The van der Waals surface area contributed by atoms with Crippen LogP contribution in [0, 0.1) is 5.82 Å². The van der Waals surface area contributed by atoms with Gasteiger partial charge in [0.15, 0.2) is 40.7 Å². The van der Waals surface area contributed by atoms with E-state index < -0.39 is 30.0 Å². The van der Waals surface area contributed by atoms with Crippen LogP contribution in [0.5, 0.6) is 11.5 Å². The predicted octanol–water partition coefficient (Wildman–Crippen LogP) is 6.00. The second-order valence-electron chi connectivity index (χ2n) is 9.44. The van der Waals surface area contributed by atoms with Gasteiger partial charge in [-0.2, -0.15) is 18.3 Å². The van der Waals surface area contributed by atoms with Crippen molar-refractivity contribution in [2.75, 3.05) is 5.32 Å². The number of pyridine rings is 2. The van der Waals surface area contributed by atoms with E-state index in [1.54, 1.807) is 0 Å². The average molecular weight is 590 g/mol. The number of H-pyrrole nitrogens is 1. The van der Waals surface area contributed by atoms with Gasteiger partial charge in [-0.15, -0.1) is 0 Å². The van der Waals surface area contributed by atoms with Gasteiger partial charge < -0.3 is 14.8 Å². The van der Waals surface area contributed by atoms with Crippen LogP contribution in [0.2, 0.25) is 5.02 Å². The van der Waals surface area contributed by atoms with E-state index in [1.807, 2.05) is 13.8 Å². The fourth-order valence-electron chi connectivity index (χ4n) is 4.56. The van der Waals surface area contributed by atoms with Gasteiger partial charge in [-0.25, -0.2) is 23.8 Å². The molecule has 0 bridgehead atoms. The number of aromatic nitrogens is 6. The monoisotopic (exact) mass is 589 g/mol. The Kier molecular flexibility index (Phi) is 6.46. The summed E-state index contributed by atoms with van der Waals surface area (Å²) in [5, 5.41) is 6.72. The summed E-state index contributed by atoms with van der Waals surface area (Å²) in [6.07, 6.45) is -2.89. The fourth-order valence-corrected chi connectivity index (χ4v) is 4.76. The lowest BCUT2D eigenvalue weighted by atomic mass is 10.1. The largest absolute Gasteiger partial charge is 0.452 e. The van der Waals surface area contributed by atoms with Crippen LogP contribution in [0.4, 0.5) is 23.2 Å². The number of benzene rings is 1. The van der Waals surface area contributed by atoms with Crippen LogP contribution < -0.4 is 15.7 Å². The van der Waals surface area contributed by atoms with Crippen molar-refractivity contribution in [3.05, 3.63) is 87.6 Å². The summed E-state index contributed by atoms with van der Waals surface area (Å²) in [4.78, 5) is 23.0. The summed E-state index contributed by atoms with van der Waals surface area (Å²) in [5.41, 5.74) is -0.742. The van der Waals surface area contributed by atoms with Crippen molar-refractivity contribution in [3.63, 3.8) is 0 Å². The van der Waals surface area contributed by atoms with Crippen molar-refractivity contribution in [1.82, 2.24) is 29.3 Å². The predicted molar refractivity (Wildman–Crippen MR) is 140 cm³/mol. The van der Waals surface area contributed by atoms with E-state index in [9.17, 15) is 18.0 Å². The Morgan fingerprint density at radius 3 is 2.66 bits per heavy atom. The molecule has 0 saturated carbocycles. The van der Waals surface area contributed by atoms with Crippen LogP contribution in [0.15, 0.2) is 59.8 Å². The Morgan fingerprint density at radius 1 is 1.15 bits per heavy atom. The number of epoxide rings is 1. The lowest BCUT2D eigenvalue weighted by molar-refractivity contribution is -0.143. The van der Waals surface area contributed by atoms with E-state index in [4.69, 9.17) is 21.1 Å². The topological polar surface area (TPSA) is 115 Å². The summed E-state index contributed by atoms with van der Waals surface area (Å²) in [5.74, 6) is -0.836. The van der Waals surface area contributed by atoms with Crippen molar-refractivity contribution in [3.8, 4) is 17.3 Å². The number of aromatic amines is 1. The number of rotatable bonds is 7. The molecule has 15 heteroatoms. The van der Waals surface area contributed by atoms with E-state index in [2.05, 4.69) is 25.4 Å². The zero-order valence-electron chi connectivity index (χ0n) is 21.3. The first-order valence-electron chi connectivity index (χ1n) is 12.3. The van der Waals surface area contributed by atoms with Crippen molar-refractivity contribution in [2.45, 2.75) is 38.4 Å². The highest BCUT2D eigenvalue weighted by Crippen LogP contribution is 2.46. The lowest BCUT2D eigenvalue weighted by Gasteiger charge is -2.13. The van der Waals surface area contributed by atoms with Gasteiger partial charge in [0.2, 0.25) is 0 Å². The van der Waals surface area contributed by atoms with Gasteiger partial charge in [0.05, 0.1) is 11.2 Å². The number of halogens is 5. The molecule has 0 amide bonds. The number of ether oxygens (including phenoxy) is 2. The highest BCUT2D eigenvalue weighted by atomic mass is 35.5. The number of hydrogen-bond donors (Lipinski definition) is 2. The third-order valence-electron chi connectivity index (χ3n) is 6.35. The minimum atomic E-state index is -4.79. The molecule has 6 rings (SSSR count). The first-order chi connectivity index (χ1) is 19.5. The number of nitrogens with one attached hydrogen (secondary N) is 2. The Hall–Kier alpha value is -4.43. The Balaban J connectivity index is 1.22. The fraction of sp³-hybridized carbons (Fsp3) is 0.231. The van der Waals surface area contributed by atoms with Crippen LogP contribution in [0.1, 0.15) is 37.3 Å². The molecule has 41 heavy (non-hydrogen) atoms. The van der Waals surface area contributed by atoms with Gasteiger partial charge in [0.25, 0.3) is 0 Å². The van der Waals surface area contributed by atoms with Crippen LogP contribution in [0.25, 0.3) is 17.0 Å². The molecule has 0 spiro atoms. The van der Waals surface area contributed by atoms with Gasteiger partial charge in [0.1, 0.15) is 11.6 Å². The number of imidazole rings is 1. The summed E-state index contributed by atoms with van der Waals surface area (Å²) in [7, 11) is 0. The van der Waals surface area contributed by atoms with E-state index >= 15 is 4.39 Å². The van der Waals surface area contributed by atoms with Crippen molar-refractivity contribution >= 4 is 28.5 Å². The lowest BCUT2D eigenvalue weighted by Crippen LogP contribution is -2.18. The minimum Gasteiger partial charge on any atom is -0.452 e. The zero-order valence-corrected chi connectivity index (χ0v) is 22.0. The zero-order chi connectivity index (χ0) is 29.1. The Bertz CT molecular complexity index is 1830. The van der Waals surface area contributed by atoms with Crippen molar-refractivity contribution in [1.29, 1.82) is 0 Å². The number of fused-ring (bicyclic) bond motifs is 1. The van der Waals surface area contributed by atoms with E-state index in [-0.39, 0.29) is 45.3 Å². The number of hydrogen-bond acceptors (Lipinski definition) is 7. The van der Waals surface area contributed by atoms with E-state index in [0.717, 1.165) is 12.3 Å². The van der Waals surface area contributed by atoms with Crippen LogP contribution in [-0.4, -0.2) is 35.5 Å². The van der Waals surface area contributed by atoms with Gasteiger partial charge in [-0.3, -0.25) is 9.55 Å². The molecule has 4 aromatic heterocycles. The first kappa shape index (κ1) is 26.8. The van der Waals surface area contributed by atoms with E-state index in [1.165, 1.54) is 47.3 Å². The maximum absolute atomic E-state index is 15.1. The number of anilines is 1. The molecule has 1 aromatic carbocycles. The molecule has 1 aliphatic rings. The minimum absolute atomic E-state index is 0.00618. The maximum atomic E-state index is 15.1. The highest BCUT2D eigenvalue weighted by Gasteiger charge is 2.49. The van der Waals surface area contributed by atoms with Crippen molar-refractivity contribution in [2.24, 2.45) is 0 Å². The quantitative estimate of drug-likeness (QED) is 0.177.